The van der Waals surface area contributed by atoms with Gasteiger partial charge in [0.25, 0.3) is 0 Å². The normalized spacial score (nSPS) is 11.7. The number of aliphatic hydroxyl groups excluding tert-OH is 1. The maximum Gasteiger partial charge on any atom is 0.222 e. The minimum absolute atomic E-state index is 0.0253. The Kier molecular flexibility index (Phi) is 7.22. The summed E-state index contributed by atoms with van der Waals surface area (Å²) in [4.78, 5) is 12.4. The number of nitrogens with one attached hydrogen (secondary N) is 1. The summed E-state index contributed by atoms with van der Waals surface area (Å²) in [6.07, 6.45) is 4.80. The molecule has 2 rings (SSSR count). The van der Waals surface area contributed by atoms with E-state index in [0.29, 0.717) is 28.8 Å². The third kappa shape index (κ3) is 4.85. The van der Waals surface area contributed by atoms with E-state index >= 15 is 0 Å². The lowest BCUT2D eigenvalue weighted by atomic mass is 10.2. The van der Waals surface area contributed by atoms with E-state index in [9.17, 15) is 5.11 Å². The predicted molar refractivity (Wildman–Crippen MR) is 97.5 cm³/mol. The lowest BCUT2D eigenvalue weighted by molar-refractivity contribution is 0.265. The van der Waals surface area contributed by atoms with Gasteiger partial charge in [0.2, 0.25) is 5.95 Å². The van der Waals surface area contributed by atoms with Crippen molar-refractivity contribution in [2.75, 3.05) is 31.9 Å². The van der Waals surface area contributed by atoms with Crippen LogP contribution < -0.4 is 25.3 Å². The maximum atomic E-state index is 9.49. The van der Waals surface area contributed by atoms with Gasteiger partial charge in [-0.05, 0) is 6.42 Å². The van der Waals surface area contributed by atoms with Crippen molar-refractivity contribution in [1.29, 1.82) is 0 Å². The topological polar surface area (TPSA) is 125 Å². The van der Waals surface area contributed by atoms with Gasteiger partial charge in [0, 0.05) is 12.3 Å². The first-order valence-electron chi connectivity index (χ1n) is 8.31. The van der Waals surface area contributed by atoms with Crippen LogP contribution in [0.5, 0.6) is 17.2 Å². The van der Waals surface area contributed by atoms with Gasteiger partial charge in [0.1, 0.15) is 12.3 Å². The standard InChI is InChI=1S/C17H25N5O4/c1-4-5-11(9-23)21-16-14(8-20-17(18)22-16)26-10-12-15(25-3)13(24-2)6-7-19-12/h6-8,11,23H,4-5,9-10H2,1-3H3,(H3,18,20,21,22). The second kappa shape index (κ2) is 9.62. The molecule has 0 aliphatic carbocycles. The number of hydrogen-bond acceptors (Lipinski definition) is 9. The fourth-order valence-corrected chi connectivity index (χ4v) is 2.44. The van der Waals surface area contributed by atoms with Gasteiger partial charge < -0.3 is 30.4 Å². The fraction of sp³-hybridized carbons (Fsp3) is 0.471. The van der Waals surface area contributed by atoms with Gasteiger partial charge in [-0.1, -0.05) is 13.3 Å². The van der Waals surface area contributed by atoms with Crippen molar-refractivity contribution >= 4 is 11.8 Å². The number of ether oxygens (including phenoxy) is 3. The van der Waals surface area contributed by atoms with Crippen LogP contribution >= 0.6 is 0 Å². The summed E-state index contributed by atoms with van der Waals surface area (Å²) >= 11 is 0. The Morgan fingerprint density at radius 1 is 1.23 bits per heavy atom. The number of hydrogen-bond donors (Lipinski definition) is 3. The number of nitrogens with two attached hydrogens (primary N) is 1. The third-order valence-corrected chi connectivity index (χ3v) is 3.70. The van der Waals surface area contributed by atoms with Gasteiger partial charge in [-0.3, -0.25) is 4.98 Å². The molecule has 2 aromatic heterocycles. The Morgan fingerprint density at radius 2 is 2.04 bits per heavy atom. The molecule has 0 fully saturated rings. The quantitative estimate of drug-likeness (QED) is 0.577. The molecular weight excluding hydrogens is 338 g/mol. The SMILES string of the molecule is CCCC(CO)Nc1nc(N)ncc1OCc1nccc(OC)c1OC. The summed E-state index contributed by atoms with van der Waals surface area (Å²) < 4.78 is 16.4. The molecule has 142 valence electrons. The van der Waals surface area contributed by atoms with Gasteiger partial charge in [-0.25, -0.2) is 4.98 Å². The summed E-state index contributed by atoms with van der Waals surface area (Å²) in [6, 6.07) is 1.55. The van der Waals surface area contributed by atoms with Gasteiger partial charge in [-0.2, -0.15) is 4.98 Å². The number of anilines is 2. The van der Waals surface area contributed by atoms with Crippen LogP contribution in [0.1, 0.15) is 25.5 Å². The molecule has 0 spiro atoms. The van der Waals surface area contributed by atoms with E-state index < -0.39 is 0 Å². The first-order valence-corrected chi connectivity index (χ1v) is 8.31. The van der Waals surface area contributed by atoms with E-state index in [4.69, 9.17) is 19.9 Å². The molecule has 9 nitrogen and oxygen atoms in total. The third-order valence-electron chi connectivity index (χ3n) is 3.70. The summed E-state index contributed by atoms with van der Waals surface area (Å²) in [7, 11) is 3.10. The molecule has 0 radical (unpaired) electrons. The molecule has 26 heavy (non-hydrogen) atoms. The lowest BCUT2D eigenvalue weighted by Crippen LogP contribution is -2.24. The van der Waals surface area contributed by atoms with Crippen LogP contribution in [0.25, 0.3) is 0 Å². The first kappa shape index (κ1) is 19.5. The van der Waals surface area contributed by atoms with E-state index in [1.165, 1.54) is 6.20 Å². The molecular formula is C17H25N5O4. The highest BCUT2D eigenvalue weighted by Crippen LogP contribution is 2.31. The first-order chi connectivity index (χ1) is 12.6. The fourth-order valence-electron chi connectivity index (χ4n) is 2.44. The van der Waals surface area contributed by atoms with Crippen LogP contribution in [0.2, 0.25) is 0 Å². The van der Waals surface area contributed by atoms with E-state index in [1.54, 1.807) is 26.5 Å². The smallest absolute Gasteiger partial charge is 0.222 e. The van der Waals surface area contributed by atoms with Gasteiger partial charge >= 0.3 is 0 Å². The highest BCUT2D eigenvalue weighted by Gasteiger charge is 2.16. The summed E-state index contributed by atoms with van der Waals surface area (Å²) in [6.45, 7) is 2.14. The Balaban J connectivity index is 2.20. The van der Waals surface area contributed by atoms with Crippen LogP contribution in [0.15, 0.2) is 18.5 Å². The van der Waals surface area contributed by atoms with E-state index in [-0.39, 0.29) is 25.2 Å². The van der Waals surface area contributed by atoms with Crippen molar-refractivity contribution in [3.63, 3.8) is 0 Å². The molecule has 0 aliphatic heterocycles. The molecule has 9 heteroatoms. The van der Waals surface area contributed by atoms with Crippen LogP contribution in [0, 0.1) is 0 Å². The number of pyridine rings is 1. The summed E-state index contributed by atoms with van der Waals surface area (Å²) in [5, 5.41) is 12.6. The van der Waals surface area contributed by atoms with Crippen molar-refractivity contribution in [2.24, 2.45) is 0 Å². The molecule has 0 amide bonds. The Bertz CT molecular complexity index is 714. The number of methoxy groups -OCH3 is 2. The lowest BCUT2D eigenvalue weighted by Gasteiger charge is -2.19. The molecule has 0 saturated carbocycles. The largest absolute Gasteiger partial charge is 0.493 e. The number of aliphatic hydroxyl groups is 1. The van der Waals surface area contributed by atoms with E-state index in [0.717, 1.165) is 12.8 Å². The minimum atomic E-state index is -0.152. The number of aromatic nitrogens is 3. The van der Waals surface area contributed by atoms with Crippen LogP contribution in [0.3, 0.4) is 0 Å². The van der Waals surface area contributed by atoms with E-state index in [2.05, 4.69) is 20.3 Å². The number of nitrogens with zero attached hydrogens (tertiary/aromatic N) is 3. The number of rotatable bonds is 10. The zero-order valence-corrected chi connectivity index (χ0v) is 15.2. The highest BCUT2D eigenvalue weighted by molar-refractivity contribution is 5.52. The predicted octanol–water partition coefficient (Wildman–Crippen LogP) is 1.62. The molecule has 0 bridgehead atoms. The number of nitrogen functional groups attached to an aromatic ring is 1. The Morgan fingerprint density at radius 3 is 2.69 bits per heavy atom. The molecule has 0 aliphatic rings. The van der Waals surface area contributed by atoms with Crippen molar-refractivity contribution < 1.29 is 19.3 Å². The zero-order valence-electron chi connectivity index (χ0n) is 15.2. The molecule has 2 heterocycles. The van der Waals surface area contributed by atoms with Crippen molar-refractivity contribution in [3.05, 3.63) is 24.2 Å². The van der Waals surface area contributed by atoms with Gasteiger partial charge in [0.15, 0.2) is 23.1 Å². The van der Waals surface area contributed by atoms with E-state index in [1.807, 2.05) is 6.92 Å². The molecule has 0 aromatic carbocycles. The summed E-state index contributed by atoms with van der Waals surface area (Å²) in [5.41, 5.74) is 6.25. The van der Waals surface area contributed by atoms with Crippen LogP contribution in [-0.4, -0.2) is 46.9 Å². The summed E-state index contributed by atoms with van der Waals surface area (Å²) in [5.74, 6) is 2.01. The van der Waals surface area contributed by atoms with Crippen molar-refractivity contribution in [1.82, 2.24) is 15.0 Å². The van der Waals surface area contributed by atoms with Crippen molar-refractivity contribution in [2.45, 2.75) is 32.4 Å². The van der Waals surface area contributed by atoms with Crippen molar-refractivity contribution in [3.8, 4) is 17.2 Å². The molecule has 2 aromatic rings. The molecule has 4 N–H and O–H groups in total. The second-order valence-electron chi connectivity index (χ2n) is 5.54. The molecule has 0 saturated heterocycles. The Hall–Kier alpha value is -2.81. The molecule has 1 unspecified atom stereocenters. The van der Waals surface area contributed by atoms with Crippen LogP contribution in [0.4, 0.5) is 11.8 Å². The average Bonchev–Trinajstić information content (AvgIpc) is 2.66. The zero-order chi connectivity index (χ0) is 18.9. The van der Waals surface area contributed by atoms with Crippen LogP contribution in [-0.2, 0) is 6.61 Å². The van der Waals surface area contributed by atoms with Gasteiger partial charge in [0.05, 0.1) is 33.1 Å². The maximum absolute atomic E-state index is 9.49. The molecule has 1 atom stereocenters. The Labute approximate surface area is 152 Å². The second-order valence-corrected chi connectivity index (χ2v) is 5.54. The monoisotopic (exact) mass is 363 g/mol. The minimum Gasteiger partial charge on any atom is -0.493 e. The van der Waals surface area contributed by atoms with Gasteiger partial charge in [-0.15, -0.1) is 0 Å². The average molecular weight is 363 g/mol. The highest BCUT2D eigenvalue weighted by atomic mass is 16.5.